The van der Waals surface area contributed by atoms with E-state index in [9.17, 15) is 13.2 Å². The third-order valence-corrected chi connectivity index (χ3v) is 4.97. The lowest BCUT2D eigenvalue weighted by atomic mass is 10.3. The Balaban J connectivity index is 2.35. The number of sulfonamides is 1. The second-order valence-corrected chi connectivity index (χ2v) is 7.12. The SMILES string of the molecule is CNS(=O)(=O)c1ccc(Sc2nc(C)cc(=O)[nH]2)cc1N. The summed E-state index contributed by atoms with van der Waals surface area (Å²) >= 11 is 1.20. The van der Waals surface area contributed by atoms with Crippen LogP contribution in [0.3, 0.4) is 0 Å². The zero-order chi connectivity index (χ0) is 15.6. The number of hydrogen-bond donors (Lipinski definition) is 3. The molecule has 4 N–H and O–H groups in total. The first-order valence-electron chi connectivity index (χ1n) is 5.91. The van der Waals surface area contributed by atoms with E-state index in [2.05, 4.69) is 14.7 Å². The van der Waals surface area contributed by atoms with E-state index >= 15 is 0 Å². The molecule has 0 radical (unpaired) electrons. The smallest absolute Gasteiger partial charge is 0.251 e. The summed E-state index contributed by atoms with van der Waals surface area (Å²) < 4.78 is 25.7. The summed E-state index contributed by atoms with van der Waals surface area (Å²) in [7, 11) is -2.27. The molecule has 0 amide bonds. The number of anilines is 1. The minimum Gasteiger partial charge on any atom is -0.398 e. The molecule has 2 aromatic rings. The molecule has 0 atom stereocenters. The Morgan fingerprint density at radius 2 is 2.05 bits per heavy atom. The highest BCUT2D eigenvalue weighted by Crippen LogP contribution is 2.28. The van der Waals surface area contributed by atoms with Crippen molar-refractivity contribution in [3.05, 3.63) is 40.3 Å². The lowest BCUT2D eigenvalue weighted by Gasteiger charge is -2.08. The highest BCUT2D eigenvalue weighted by molar-refractivity contribution is 7.99. The average molecular weight is 326 g/mol. The molecule has 21 heavy (non-hydrogen) atoms. The molecule has 112 valence electrons. The van der Waals surface area contributed by atoms with E-state index in [1.165, 1.54) is 37.0 Å². The average Bonchev–Trinajstić information content (AvgIpc) is 2.37. The standard InChI is InChI=1S/C12H14N4O3S2/c1-7-5-11(17)16-12(15-7)20-8-3-4-10(9(13)6-8)21(18,19)14-2/h3-6,14H,13H2,1-2H3,(H,15,16,17). The first-order valence-corrected chi connectivity index (χ1v) is 8.20. The van der Waals surface area contributed by atoms with E-state index in [0.29, 0.717) is 15.7 Å². The number of nitrogen functional groups attached to an aromatic ring is 1. The molecule has 0 unspecified atom stereocenters. The van der Waals surface area contributed by atoms with E-state index in [1.54, 1.807) is 13.0 Å². The molecule has 0 saturated carbocycles. The van der Waals surface area contributed by atoms with Crippen LogP contribution in [0.1, 0.15) is 5.69 Å². The van der Waals surface area contributed by atoms with Gasteiger partial charge in [-0.15, -0.1) is 0 Å². The molecular formula is C12H14N4O3S2. The Kier molecular flexibility index (Phi) is 4.35. The number of nitrogens with zero attached hydrogens (tertiary/aromatic N) is 1. The monoisotopic (exact) mass is 326 g/mol. The van der Waals surface area contributed by atoms with Gasteiger partial charge in [0, 0.05) is 16.7 Å². The van der Waals surface area contributed by atoms with Gasteiger partial charge < -0.3 is 10.7 Å². The second kappa shape index (κ2) is 5.88. The minimum atomic E-state index is -3.59. The van der Waals surface area contributed by atoms with Crippen LogP contribution in [0, 0.1) is 6.92 Å². The Bertz CT molecular complexity index is 831. The maximum absolute atomic E-state index is 11.7. The lowest BCUT2D eigenvalue weighted by molar-refractivity contribution is 0.588. The van der Waals surface area contributed by atoms with Gasteiger partial charge in [-0.05, 0) is 32.2 Å². The number of aromatic amines is 1. The van der Waals surface area contributed by atoms with Gasteiger partial charge in [0.25, 0.3) is 5.56 Å². The van der Waals surface area contributed by atoms with Crippen molar-refractivity contribution in [2.24, 2.45) is 0 Å². The van der Waals surface area contributed by atoms with Crippen LogP contribution in [-0.2, 0) is 10.0 Å². The fraction of sp³-hybridized carbons (Fsp3) is 0.167. The van der Waals surface area contributed by atoms with Gasteiger partial charge in [-0.3, -0.25) is 4.79 Å². The Labute approximate surface area is 126 Å². The Hall–Kier alpha value is -1.84. The summed E-state index contributed by atoms with van der Waals surface area (Å²) in [4.78, 5) is 18.8. The van der Waals surface area contributed by atoms with Crippen LogP contribution in [0.15, 0.2) is 44.0 Å². The quantitative estimate of drug-likeness (QED) is 0.563. The summed E-state index contributed by atoms with van der Waals surface area (Å²) in [5.41, 5.74) is 6.26. The molecule has 7 nitrogen and oxygen atoms in total. The van der Waals surface area contributed by atoms with Crippen molar-refractivity contribution < 1.29 is 8.42 Å². The van der Waals surface area contributed by atoms with Crippen molar-refractivity contribution in [1.82, 2.24) is 14.7 Å². The molecule has 9 heteroatoms. The van der Waals surface area contributed by atoms with Crippen LogP contribution in [-0.4, -0.2) is 25.4 Å². The number of hydrogen-bond acceptors (Lipinski definition) is 6. The van der Waals surface area contributed by atoms with Crippen LogP contribution < -0.4 is 16.0 Å². The number of aryl methyl sites for hydroxylation is 1. The third kappa shape index (κ3) is 3.63. The predicted octanol–water partition coefficient (Wildman–Crippen LogP) is 0.720. The zero-order valence-electron chi connectivity index (χ0n) is 11.4. The molecule has 1 aromatic heterocycles. The van der Waals surface area contributed by atoms with Gasteiger partial charge in [0.15, 0.2) is 5.16 Å². The first kappa shape index (κ1) is 15.5. The number of nitrogens with one attached hydrogen (secondary N) is 2. The Morgan fingerprint density at radius 3 is 2.62 bits per heavy atom. The second-order valence-electron chi connectivity index (χ2n) is 4.20. The van der Waals surface area contributed by atoms with Gasteiger partial charge in [0.1, 0.15) is 4.90 Å². The minimum absolute atomic E-state index is 0.0139. The summed E-state index contributed by atoms with van der Waals surface area (Å²) in [6, 6.07) is 5.93. The van der Waals surface area contributed by atoms with Crippen LogP contribution in [0.25, 0.3) is 0 Å². The largest absolute Gasteiger partial charge is 0.398 e. The fourth-order valence-corrected chi connectivity index (χ4v) is 3.38. The van der Waals surface area contributed by atoms with Crippen LogP contribution in [0.2, 0.25) is 0 Å². The van der Waals surface area contributed by atoms with Crippen molar-refractivity contribution >= 4 is 27.5 Å². The topological polar surface area (TPSA) is 118 Å². The molecule has 0 saturated heterocycles. The van der Waals surface area contributed by atoms with Crippen LogP contribution >= 0.6 is 11.8 Å². The van der Waals surface area contributed by atoms with Gasteiger partial charge >= 0.3 is 0 Å². The highest BCUT2D eigenvalue weighted by atomic mass is 32.2. The van der Waals surface area contributed by atoms with Crippen LogP contribution in [0.5, 0.6) is 0 Å². The zero-order valence-corrected chi connectivity index (χ0v) is 13.0. The maximum atomic E-state index is 11.7. The molecule has 0 bridgehead atoms. The molecular weight excluding hydrogens is 312 g/mol. The number of aromatic nitrogens is 2. The third-order valence-electron chi connectivity index (χ3n) is 2.60. The molecule has 0 fully saturated rings. The van der Waals surface area contributed by atoms with Crippen molar-refractivity contribution in [3.63, 3.8) is 0 Å². The van der Waals surface area contributed by atoms with Crippen molar-refractivity contribution in [1.29, 1.82) is 0 Å². The highest BCUT2D eigenvalue weighted by Gasteiger charge is 2.15. The van der Waals surface area contributed by atoms with Crippen molar-refractivity contribution in [2.45, 2.75) is 21.9 Å². The molecule has 1 heterocycles. The summed E-state index contributed by atoms with van der Waals surface area (Å²) in [5.74, 6) is 0. The van der Waals surface area contributed by atoms with Crippen molar-refractivity contribution in [2.75, 3.05) is 12.8 Å². The van der Waals surface area contributed by atoms with Gasteiger partial charge in [-0.25, -0.2) is 18.1 Å². The predicted molar refractivity (Wildman–Crippen MR) is 80.8 cm³/mol. The molecule has 2 rings (SSSR count). The summed E-state index contributed by atoms with van der Waals surface area (Å²) in [6.45, 7) is 1.72. The van der Waals surface area contributed by atoms with E-state index in [-0.39, 0.29) is 16.1 Å². The number of nitrogens with two attached hydrogens (primary N) is 1. The molecule has 0 aliphatic heterocycles. The van der Waals surface area contributed by atoms with E-state index in [4.69, 9.17) is 5.73 Å². The number of rotatable bonds is 4. The maximum Gasteiger partial charge on any atom is 0.251 e. The van der Waals surface area contributed by atoms with Crippen LogP contribution in [0.4, 0.5) is 5.69 Å². The Morgan fingerprint density at radius 1 is 1.33 bits per heavy atom. The molecule has 0 spiro atoms. The van der Waals surface area contributed by atoms with Gasteiger partial charge in [0.2, 0.25) is 10.0 Å². The summed E-state index contributed by atoms with van der Waals surface area (Å²) in [5, 5.41) is 0.420. The molecule has 1 aromatic carbocycles. The summed E-state index contributed by atoms with van der Waals surface area (Å²) in [6.07, 6.45) is 0. The van der Waals surface area contributed by atoms with Gasteiger partial charge in [0.05, 0.1) is 5.69 Å². The van der Waals surface area contributed by atoms with Gasteiger partial charge in [-0.1, -0.05) is 11.8 Å². The lowest BCUT2D eigenvalue weighted by Crippen LogP contribution is -2.19. The van der Waals surface area contributed by atoms with E-state index < -0.39 is 10.0 Å². The van der Waals surface area contributed by atoms with Gasteiger partial charge in [-0.2, -0.15) is 0 Å². The van der Waals surface area contributed by atoms with E-state index in [1.807, 2.05) is 0 Å². The first-order chi connectivity index (χ1) is 9.81. The number of benzene rings is 1. The van der Waals surface area contributed by atoms with E-state index in [0.717, 1.165) is 0 Å². The van der Waals surface area contributed by atoms with Crippen molar-refractivity contribution in [3.8, 4) is 0 Å². The normalized spacial score (nSPS) is 11.5. The number of H-pyrrole nitrogens is 1. The fourth-order valence-electron chi connectivity index (χ4n) is 1.66. The molecule has 0 aliphatic carbocycles. The molecule has 0 aliphatic rings.